The third-order valence-corrected chi connectivity index (χ3v) is 3.89. The van der Waals surface area contributed by atoms with Crippen molar-refractivity contribution in [1.82, 2.24) is 4.90 Å². The minimum absolute atomic E-state index is 0.0581. The van der Waals surface area contributed by atoms with Crippen LogP contribution in [0.25, 0.3) is 0 Å². The van der Waals surface area contributed by atoms with E-state index in [9.17, 15) is 9.18 Å². The molecule has 4 heteroatoms. The molecule has 0 heterocycles. The fourth-order valence-corrected chi connectivity index (χ4v) is 2.74. The number of benzene rings is 1. The summed E-state index contributed by atoms with van der Waals surface area (Å²) in [4.78, 5) is 14.1. The van der Waals surface area contributed by atoms with E-state index in [1.54, 1.807) is 4.90 Å². The van der Waals surface area contributed by atoms with Crippen LogP contribution in [0.15, 0.2) is 23.1 Å². The van der Waals surface area contributed by atoms with Gasteiger partial charge >= 0.3 is 0 Å². The van der Waals surface area contributed by atoms with E-state index in [2.05, 4.69) is 12.6 Å². The summed E-state index contributed by atoms with van der Waals surface area (Å²) in [5, 5.41) is 0. The van der Waals surface area contributed by atoms with E-state index in [0.29, 0.717) is 11.5 Å². The number of carbonyl (C=O) groups is 1. The lowest BCUT2D eigenvalue weighted by Gasteiger charge is -2.21. The van der Waals surface area contributed by atoms with Crippen molar-refractivity contribution in [3.63, 3.8) is 0 Å². The maximum Gasteiger partial charge on any atom is 0.253 e. The molecule has 1 aliphatic rings. The summed E-state index contributed by atoms with van der Waals surface area (Å²) in [6.45, 7) is 0.790. The zero-order valence-electron chi connectivity index (χ0n) is 10.5. The predicted molar refractivity (Wildman–Crippen MR) is 72.6 cm³/mol. The first-order chi connectivity index (χ1) is 8.58. The third-order valence-electron chi connectivity index (χ3n) is 3.55. The van der Waals surface area contributed by atoms with Crippen LogP contribution in [-0.4, -0.2) is 24.4 Å². The van der Waals surface area contributed by atoms with Gasteiger partial charge in [0.2, 0.25) is 0 Å². The number of carbonyl (C=O) groups excluding carboxylic acids is 1. The SMILES string of the molecule is CN(CC1CCCC1)C(=O)c1ccc(F)c(S)c1. The number of thiol groups is 1. The largest absolute Gasteiger partial charge is 0.341 e. The molecular formula is C14H18FNOS. The zero-order chi connectivity index (χ0) is 13.1. The van der Waals surface area contributed by atoms with Gasteiger partial charge in [-0.2, -0.15) is 0 Å². The van der Waals surface area contributed by atoms with Gasteiger partial charge in [-0.15, -0.1) is 12.6 Å². The second-order valence-electron chi connectivity index (χ2n) is 5.00. The van der Waals surface area contributed by atoms with Crippen molar-refractivity contribution in [1.29, 1.82) is 0 Å². The van der Waals surface area contributed by atoms with Gasteiger partial charge in [0.1, 0.15) is 5.82 Å². The van der Waals surface area contributed by atoms with Gasteiger partial charge in [0.05, 0.1) is 0 Å². The van der Waals surface area contributed by atoms with Gasteiger partial charge in [0, 0.05) is 24.1 Å². The molecule has 2 rings (SSSR count). The molecule has 0 radical (unpaired) electrons. The van der Waals surface area contributed by atoms with Crippen LogP contribution in [0.3, 0.4) is 0 Å². The molecule has 1 aromatic rings. The summed E-state index contributed by atoms with van der Waals surface area (Å²) in [7, 11) is 1.81. The molecule has 0 saturated heterocycles. The fourth-order valence-electron chi connectivity index (χ4n) is 2.53. The van der Waals surface area contributed by atoms with E-state index >= 15 is 0 Å². The van der Waals surface area contributed by atoms with Crippen molar-refractivity contribution >= 4 is 18.5 Å². The Labute approximate surface area is 113 Å². The van der Waals surface area contributed by atoms with Crippen LogP contribution in [0.5, 0.6) is 0 Å². The van der Waals surface area contributed by atoms with Gasteiger partial charge in [-0.1, -0.05) is 12.8 Å². The highest BCUT2D eigenvalue weighted by molar-refractivity contribution is 7.80. The number of hydrogen-bond donors (Lipinski definition) is 1. The van der Waals surface area contributed by atoms with E-state index in [4.69, 9.17) is 0 Å². The first kappa shape index (κ1) is 13.4. The van der Waals surface area contributed by atoms with Crippen molar-refractivity contribution in [2.75, 3.05) is 13.6 Å². The lowest BCUT2D eigenvalue weighted by molar-refractivity contribution is 0.0773. The minimum Gasteiger partial charge on any atom is -0.341 e. The maximum atomic E-state index is 13.1. The zero-order valence-corrected chi connectivity index (χ0v) is 11.4. The average Bonchev–Trinajstić information content (AvgIpc) is 2.84. The van der Waals surface area contributed by atoms with Crippen LogP contribution in [0, 0.1) is 11.7 Å². The monoisotopic (exact) mass is 267 g/mol. The van der Waals surface area contributed by atoms with Crippen molar-refractivity contribution in [3.8, 4) is 0 Å². The number of rotatable bonds is 3. The van der Waals surface area contributed by atoms with E-state index in [1.165, 1.54) is 43.9 Å². The molecule has 0 atom stereocenters. The highest BCUT2D eigenvalue weighted by Gasteiger charge is 2.20. The number of halogens is 1. The molecule has 0 aromatic heterocycles. The van der Waals surface area contributed by atoms with Gasteiger partial charge in [0.15, 0.2) is 0 Å². The van der Waals surface area contributed by atoms with Crippen LogP contribution >= 0.6 is 12.6 Å². The molecule has 1 saturated carbocycles. The lowest BCUT2D eigenvalue weighted by Crippen LogP contribution is -2.31. The van der Waals surface area contributed by atoms with E-state index in [-0.39, 0.29) is 10.8 Å². The Kier molecular flexibility index (Phi) is 4.27. The summed E-state index contributed by atoms with van der Waals surface area (Å²) >= 11 is 4.00. The number of nitrogens with zero attached hydrogens (tertiary/aromatic N) is 1. The second kappa shape index (κ2) is 5.74. The lowest BCUT2D eigenvalue weighted by atomic mass is 10.1. The highest BCUT2D eigenvalue weighted by atomic mass is 32.1. The summed E-state index contributed by atoms with van der Waals surface area (Å²) in [5.41, 5.74) is 0.502. The fraction of sp³-hybridized carbons (Fsp3) is 0.500. The Morgan fingerprint density at radius 2 is 2.11 bits per heavy atom. The molecule has 0 spiro atoms. The first-order valence-corrected chi connectivity index (χ1v) is 6.76. The van der Waals surface area contributed by atoms with Crippen LogP contribution < -0.4 is 0 Å². The van der Waals surface area contributed by atoms with E-state index in [0.717, 1.165) is 6.54 Å². The summed E-state index contributed by atoms with van der Waals surface area (Å²) < 4.78 is 13.1. The van der Waals surface area contributed by atoms with Crippen molar-refractivity contribution in [2.45, 2.75) is 30.6 Å². The second-order valence-corrected chi connectivity index (χ2v) is 5.48. The topological polar surface area (TPSA) is 20.3 Å². The molecule has 1 aliphatic carbocycles. The standard InChI is InChI=1S/C14H18FNOS/c1-16(9-10-4-2-3-5-10)14(17)11-6-7-12(15)13(18)8-11/h6-8,10,18H,2-5,9H2,1H3. The van der Waals surface area contributed by atoms with Gasteiger partial charge in [-0.25, -0.2) is 4.39 Å². The van der Waals surface area contributed by atoms with Crippen LogP contribution in [0.4, 0.5) is 4.39 Å². The molecule has 1 amide bonds. The van der Waals surface area contributed by atoms with Crippen LogP contribution in [0.1, 0.15) is 36.0 Å². The Balaban J connectivity index is 2.02. The summed E-state index contributed by atoms with van der Waals surface area (Å²) in [5.74, 6) is 0.167. The molecular weight excluding hydrogens is 249 g/mol. The predicted octanol–water partition coefficient (Wildman–Crippen LogP) is 3.38. The normalized spacial score (nSPS) is 15.9. The van der Waals surface area contributed by atoms with E-state index < -0.39 is 5.82 Å². The molecule has 1 aromatic carbocycles. The quantitative estimate of drug-likeness (QED) is 0.832. The van der Waals surface area contributed by atoms with Crippen molar-refractivity contribution < 1.29 is 9.18 Å². The molecule has 0 N–H and O–H groups in total. The molecule has 98 valence electrons. The molecule has 0 unspecified atom stereocenters. The van der Waals surface area contributed by atoms with Crippen LogP contribution in [-0.2, 0) is 0 Å². The summed E-state index contributed by atoms with van der Waals surface area (Å²) in [6.07, 6.45) is 4.95. The van der Waals surface area contributed by atoms with Crippen molar-refractivity contribution in [2.24, 2.45) is 5.92 Å². The third kappa shape index (κ3) is 3.05. The molecule has 2 nitrogen and oxygen atoms in total. The molecule has 18 heavy (non-hydrogen) atoms. The van der Waals surface area contributed by atoms with Crippen LogP contribution in [0.2, 0.25) is 0 Å². The number of hydrogen-bond acceptors (Lipinski definition) is 2. The van der Waals surface area contributed by atoms with Gasteiger partial charge in [-0.05, 0) is 37.0 Å². The van der Waals surface area contributed by atoms with Gasteiger partial charge in [-0.3, -0.25) is 4.79 Å². The Hall–Kier alpha value is -1.03. The molecule has 0 aliphatic heterocycles. The maximum absolute atomic E-state index is 13.1. The summed E-state index contributed by atoms with van der Waals surface area (Å²) in [6, 6.07) is 4.30. The first-order valence-electron chi connectivity index (χ1n) is 6.32. The Morgan fingerprint density at radius 3 is 2.72 bits per heavy atom. The minimum atomic E-state index is -0.395. The average molecular weight is 267 g/mol. The van der Waals surface area contributed by atoms with E-state index in [1.807, 2.05) is 7.05 Å². The van der Waals surface area contributed by atoms with Gasteiger partial charge < -0.3 is 4.90 Å². The van der Waals surface area contributed by atoms with Crippen molar-refractivity contribution in [3.05, 3.63) is 29.6 Å². The molecule has 0 bridgehead atoms. The number of amides is 1. The Morgan fingerprint density at radius 1 is 1.44 bits per heavy atom. The molecule has 1 fully saturated rings. The Bertz CT molecular complexity index is 443. The smallest absolute Gasteiger partial charge is 0.253 e. The van der Waals surface area contributed by atoms with Gasteiger partial charge in [0.25, 0.3) is 5.91 Å². The highest BCUT2D eigenvalue weighted by Crippen LogP contribution is 2.25.